The van der Waals surface area contributed by atoms with Gasteiger partial charge in [0.25, 0.3) is 0 Å². The van der Waals surface area contributed by atoms with Crippen LogP contribution < -0.4 is 9.46 Å². The number of ether oxygens (including phenoxy) is 1. The molecule has 146 valence electrons. The second kappa shape index (κ2) is 6.83. The van der Waals surface area contributed by atoms with E-state index < -0.39 is 27.7 Å². The fourth-order valence-electron chi connectivity index (χ4n) is 3.40. The number of hydrogen-bond donors (Lipinski definition) is 1. The Morgan fingerprint density at radius 2 is 1.85 bits per heavy atom. The summed E-state index contributed by atoms with van der Waals surface area (Å²) in [4.78, 5) is -0.106. The minimum atomic E-state index is -4.82. The Balaban J connectivity index is 1.86. The SMILES string of the molecule is CC[C@@H]1C[C@@]1(NS(=O)(=O)c1ccc(OC(F)(F)F)cc1)c1cccc(C)c1. The van der Waals surface area contributed by atoms with Crippen molar-refractivity contribution in [3.05, 3.63) is 59.7 Å². The summed E-state index contributed by atoms with van der Waals surface area (Å²) in [5.41, 5.74) is 1.25. The minimum Gasteiger partial charge on any atom is -0.406 e. The molecule has 0 radical (unpaired) electrons. The van der Waals surface area contributed by atoms with E-state index in [9.17, 15) is 21.6 Å². The molecule has 1 N–H and O–H groups in total. The monoisotopic (exact) mass is 399 g/mol. The van der Waals surface area contributed by atoms with Crippen LogP contribution in [0.15, 0.2) is 53.4 Å². The summed E-state index contributed by atoms with van der Waals surface area (Å²) in [6, 6.07) is 11.9. The zero-order valence-electron chi connectivity index (χ0n) is 14.9. The van der Waals surface area contributed by atoms with Crippen molar-refractivity contribution in [3.8, 4) is 5.75 Å². The number of halogens is 3. The maximum absolute atomic E-state index is 12.8. The van der Waals surface area contributed by atoms with Crippen molar-refractivity contribution >= 4 is 10.0 Å². The quantitative estimate of drug-likeness (QED) is 0.778. The Kier molecular flexibility index (Phi) is 4.98. The molecule has 0 unspecified atom stereocenters. The first-order chi connectivity index (χ1) is 12.6. The van der Waals surface area contributed by atoms with Gasteiger partial charge < -0.3 is 4.74 Å². The smallest absolute Gasteiger partial charge is 0.406 e. The van der Waals surface area contributed by atoms with Gasteiger partial charge in [0.1, 0.15) is 5.75 Å². The molecular weight excluding hydrogens is 379 g/mol. The van der Waals surface area contributed by atoms with Crippen molar-refractivity contribution in [1.29, 1.82) is 0 Å². The van der Waals surface area contributed by atoms with E-state index >= 15 is 0 Å². The number of alkyl halides is 3. The third kappa shape index (κ3) is 4.27. The Morgan fingerprint density at radius 3 is 2.37 bits per heavy atom. The molecule has 0 spiro atoms. The molecule has 0 amide bonds. The van der Waals surface area contributed by atoms with Gasteiger partial charge in [-0.25, -0.2) is 13.1 Å². The molecule has 0 heterocycles. The fraction of sp³-hybridized carbons (Fsp3) is 0.368. The Morgan fingerprint density at radius 1 is 1.19 bits per heavy atom. The molecule has 1 fully saturated rings. The van der Waals surface area contributed by atoms with E-state index in [0.717, 1.165) is 41.8 Å². The lowest BCUT2D eigenvalue weighted by molar-refractivity contribution is -0.274. The third-order valence-electron chi connectivity index (χ3n) is 4.82. The Hall–Kier alpha value is -2.06. The molecule has 3 rings (SSSR count). The molecule has 8 heteroatoms. The molecule has 1 saturated carbocycles. The second-order valence-electron chi connectivity index (χ2n) is 6.77. The first kappa shape index (κ1) is 19.7. The zero-order chi connectivity index (χ0) is 19.9. The molecule has 27 heavy (non-hydrogen) atoms. The Bertz CT molecular complexity index is 926. The van der Waals surface area contributed by atoms with Gasteiger partial charge in [0.05, 0.1) is 10.4 Å². The van der Waals surface area contributed by atoms with Gasteiger partial charge in [-0.2, -0.15) is 0 Å². The molecule has 2 atom stereocenters. The average Bonchev–Trinajstić information content (AvgIpc) is 3.27. The lowest BCUT2D eigenvalue weighted by Gasteiger charge is -2.21. The lowest BCUT2D eigenvalue weighted by Crippen LogP contribution is -2.36. The topological polar surface area (TPSA) is 55.4 Å². The maximum Gasteiger partial charge on any atom is 0.573 e. The summed E-state index contributed by atoms with van der Waals surface area (Å²) in [6.45, 7) is 3.94. The number of sulfonamides is 1. The van der Waals surface area contributed by atoms with Crippen LogP contribution in [0.3, 0.4) is 0 Å². The normalized spacial score (nSPS) is 22.5. The average molecular weight is 399 g/mol. The largest absolute Gasteiger partial charge is 0.573 e. The highest BCUT2D eigenvalue weighted by molar-refractivity contribution is 7.89. The standard InChI is InChI=1S/C19H20F3NO3S/c1-3-14-12-18(14,15-6-4-5-13(2)11-15)23-27(24,25)17-9-7-16(8-10-17)26-19(20,21)22/h4-11,14,23H,3,12H2,1-2H3/t14-,18+/m1/s1. The Labute approximate surface area is 156 Å². The van der Waals surface area contributed by atoms with Crippen LogP contribution in [0, 0.1) is 12.8 Å². The van der Waals surface area contributed by atoms with Crippen molar-refractivity contribution in [2.75, 3.05) is 0 Å². The summed E-state index contributed by atoms with van der Waals surface area (Å²) in [7, 11) is -3.91. The molecule has 2 aromatic rings. The van der Waals surface area contributed by atoms with Crippen LogP contribution in [-0.4, -0.2) is 14.8 Å². The van der Waals surface area contributed by atoms with E-state index in [1.165, 1.54) is 0 Å². The van der Waals surface area contributed by atoms with Gasteiger partial charge in [0.2, 0.25) is 10.0 Å². The highest BCUT2D eigenvalue weighted by Gasteiger charge is 2.56. The third-order valence-corrected chi connectivity index (χ3v) is 6.34. The highest BCUT2D eigenvalue weighted by atomic mass is 32.2. The highest BCUT2D eigenvalue weighted by Crippen LogP contribution is 2.54. The maximum atomic E-state index is 12.8. The van der Waals surface area contributed by atoms with Crippen molar-refractivity contribution in [2.45, 2.75) is 43.5 Å². The van der Waals surface area contributed by atoms with E-state index in [1.54, 1.807) is 0 Å². The van der Waals surface area contributed by atoms with Crippen molar-refractivity contribution in [2.24, 2.45) is 5.92 Å². The van der Waals surface area contributed by atoms with Gasteiger partial charge in [-0.1, -0.05) is 43.2 Å². The number of hydrogen-bond acceptors (Lipinski definition) is 3. The van der Waals surface area contributed by atoms with Gasteiger partial charge in [-0.15, -0.1) is 13.2 Å². The molecule has 0 bridgehead atoms. The van der Waals surface area contributed by atoms with Gasteiger partial charge in [-0.05, 0) is 49.1 Å². The van der Waals surface area contributed by atoms with Crippen LogP contribution in [0.4, 0.5) is 13.2 Å². The van der Waals surface area contributed by atoms with E-state index in [-0.39, 0.29) is 10.8 Å². The van der Waals surface area contributed by atoms with Gasteiger partial charge in [-0.3, -0.25) is 0 Å². The first-order valence-corrected chi connectivity index (χ1v) is 10.0. The molecule has 0 aliphatic heterocycles. The minimum absolute atomic E-state index is 0.106. The van der Waals surface area contributed by atoms with Crippen LogP contribution in [-0.2, 0) is 15.6 Å². The zero-order valence-corrected chi connectivity index (χ0v) is 15.7. The summed E-state index contributed by atoms with van der Waals surface area (Å²) in [6.07, 6.45) is -3.33. The van der Waals surface area contributed by atoms with Gasteiger partial charge in [0.15, 0.2) is 0 Å². The number of aryl methyl sites for hydroxylation is 1. The molecule has 4 nitrogen and oxygen atoms in total. The molecular formula is C19H20F3NO3S. The van der Waals surface area contributed by atoms with Gasteiger partial charge >= 0.3 is 6.36 Å². The number of rotatable bonds is 6. The summed E-state index contributed by atoms with van der Waals surface area (Å²) in [5, 5.41) is 0. The summed E-state index contributed by atoms with van der Waals surface area (Å²) >= 11 is 0. The van der Waals surface area contributed by atoms with E-state index in [0.29, 0.717) is 6.42 Å². The van der Waals surface area contributed by atoms with Crippen LogP contribution >= 0.6 is 0 Å². The van der Waals surface area contributed by atoms with Crippen LogP contribution in [0.25, 0.3) is 0 Å². The number of nitrogens with one attached hydrogen (secondary N) is 1. The van der Waals surface area contributed by atoms with Crippen molar-refractivity contribution in [1.82, 2.24) is 4.72 Å². The molecule has 1 aliphatic rings. The molecule has 2 aromatic carbocycles. The van der Waals surface area contributed by atoms with Crippen LogP contribution in [0.2, 0.25) is 0 Å². The first-order valence-electron chi connectivity index (χ1n) is 8.53. The van der Waals surface area contributed by atoms with Crippen molar-refractivity contribution in [3.63, 3.8) is 0 Å². The predicted octanol–water partition coefficient (Wildman–Crippen LogP) is 4.50. The van der Waals surface area contributed by atoms with E-state index in [4.69, 9.17) is 0 Å². The molecule has 0 saturated heterocycles. The van der Waals surface area contributed by atoms with E-state index in [1.807, 2.05) is 38.1 Å². The number of benzene rings is 2. The fourth-order valence-corrected chi connectivity index (χ4v) is 4.86. The molecule has 0 aromatic heterocycles. The second-order valence-corrected chi connectivity index (χ2v) is 8.46. The van der Waals surface area contributed by atoms with Crippen molar-refractivity contribution < 1.29 is 26.3 Å². The molecule has 1 aliphatic carbocycles. The van der Waals surface area contributed by atoms with Crippen LogP contribution in [0.5, 0.6) is 5.75 Å². The predicted molar refractivity (Wildman–Crippen MR) is 94.7 cm³/mol. The van der Waals surface area contributed by atoms with E-state index in [2.05, 4.69) is 9.46 Å². The summed E-state index contributed by atoms with van der Waals surface area (Å²) in [5.74, 6) is -0.297. The summed E-state index contributed by atoms with van der Waals surface area (Å²) < 4.78 is 69.0. The lowest BCUT2D eigenvalue weighted by atomic mass is 10.0. The van der Waals surface area contributed by atoms with Crippen LogP contribution in [0.1, 0.15) is 30.9 Å². The van der Waals surface area contributed by atoms with Gasteiger partial charge in [0, 0.05) is 0 Å².